The second-order valence-corrected chi connectivity index (χ2v) is 5.43. The molecule has 1 N–H and O–H groups in total. The first-order valence-corrected chi connectivity index (χ1v) is 6.25. The summed E-state index contributed by atoms with van der Waals surface area (Å²) in [5, 5.41) is 24.6. The van der Waals surface area contributed by atoms with Crippen LogP contribution in [0, 0.1) is 5.21 Å². The molecule has 1 aliphatic rings. The Bertz CT molecular complexity index is 454. The van der Waals surface area contributed by atoms with Gasteiger partial charge in [0.15, 0.2) is 6.54 Å². The molecule has 0 aliphatic carbocycles. The number of hydrazine groups is 1. The number of carboxylic acid groups (broad SMARTS) is 1. The molecule has 0 spiro atoms. The minimum atomic E-state index is -1.20. The smallest absolute Gasteiger partial charge is 0.329 e. The van der Waals surface area contributed by atoms with E-state index in [1.165, 1.54) is 0 Å². The van der Waals surface area contributed by atoms with E-state index in [2.05, 4.69) is 10.1 Å². The second kappa shape index (κ2) is 6.37. The number of rotatable bonds is 6. The van der Waals surface area contributed by atoms with Gasteiger partial charge in [0.05, 0.1) is 10.5 Å². The highest BCUT2D eigenvalue weighted by molar-refractivity contribution is 6.01. The summed E-state index contributed by atoms with van der Waals surface area (Å²) in [6.45, 7) is 3.85. The third kappa shape index (κ3) is 4.58. The summed E-state index contributed by atoms with van der Waals surface area (Å²) in [5.74, 6) is -2.00. The van der Waals surface area contributed by atoms with Crippen LogP contribution in [0.2, 0.25) is 0 Å². The van der Waals surface area contributed by atoms with Crippen LogP contribution in [0.1, 0.15) is 33.6 Å². The number of hydrogen-bond acceptors (Lipinski definition) is 6. The molecule has 1 heterocycles. The Morgan fingerprint density at radius 3 is 2.38 bits per heavy atom. The van der Waals surface area contributed by atoms with Gasteiger partial charge in [-0.3, -0.25) is 14.4 Å². The Morgan fingerprint density at radius 2 is 1.95 bits per heavy atom. The van der Waals surface area contributed by atoms with Crippen molar-refractivity contribution in [1.82, 2.24) is 9.91 Å². The van der Waals surface area contributed by atoms with Crippen molar-refractivity contribution >= 4 is 17.8 Å². The maximum Gasteiger partial charge on any atom is 0.329 e. The lowest BCUT2D eigenvalue weighted by Gasteiger charge is -2.28. The monoisotopic (exact) mass is 302 g/mol. The van der Waals surface area contributed by atoms with E-state index in [1.54, 1.807) is 20.8 Å². The van der Waals surface area contributed by atoms with Crippen molar-refractivity contribution in [3.63, 3.8) is 0 Å². The Hall–Kier alpha value is -2.39. The first kappa shape index (κ1) is 16.7. The predicted molar refractivity (Wildman–Crippen MR) is 67.2 cm³/mol. The predicted octanol–water partition coefficient (Wildman–Crippen LogP) is 0.0871. The van der Waals surface area contributed by atoms with E-state index >= 15 is 0 Å². The molecule has 0 aromatic rings. The van der Waals surface area contributed by atoms with Crippen LogP contribution >= 0.6 is 0 Å². The molecule has 2 amide bonds. The molecule has 118 valence electrons. The second-order valence-electron chi connectivity index (χ2n) is 5.43. The summed E-state index contributed by atoms with van der Waals surface area (Å²) < 4.78 is 0. The van der Waals surface area contributed by atoms with Crippen LogP contribution < -0.4 is 0 Å². The molecule has 0 bridgehead atoms. The highest BCUT2D eigenvalue weighted by Crippen LogP contribution is 2.14. The zero-order valence-corrected chi connectivity index (χ0v) is 12.1. The van der Waals surface area contributed by atoms with Crippen molar-refractivity contribution in [2.24, 2.45) is 5.28 Å². The van der Waals surface area contributed by atoms with Crippen molar-refractivity contribution in [2.75, 3.05) is 13.3 Å². The summed E-state index contributed by atoms with van der Waals surface area (Å²) in [7, 11) is 0. The lowest BCUT2D eigenvalue weighted by atomic mass is 10.1. The van der Waals surface area contributed by atoms with Crippen LogP contribution in [-0.2, 0) is 19.2 Å². The van der Waals surface area contributed by atoms with Gasteiger partial charge in [-0.25, -0.2) is 4.90 Å². The minimum absolute atomic E-state index is 0.000849. The number of aliphatic carboxylic acids is 1. The van der Waals surface area contributed by atoms with E-state index in [0.29, 0.717) is 0 Å². The first-order valence-electron chi connectivity index (χ1n) is 6.25. The number of nitrogens with zero attached hydrogens (tertiary/aromatic N) is 4. The highest BCUT2D eigenvalue weighted by atomic mass is 16.7. The number of carboxylic acids is 1. The van der Waals surface area contributed by atoms with Gasteiger partial charge in [-0.1, -0.05) is 0 Å². The summed E-state index contributed by atoms with van der Waals surface area (Å²) in [6, 6.07) is 0. The van der Waals surface area contributed by atoms with Crippen molar-refractivity contribution in [2.45, 2.75) is 39.2 Å². The number of carbonyl (C=O) groups excluding carboxylic acids is 2. The van der Waals surface area contributed by atoms with Crippen LogP contribution in [-0.4, -0.2) is 56.6 Å². The van der Waals surface area contributed by atoms with Crippen LogP contribution in [0.25, 0.3) is 0 Å². The van der Waals surface area contributed by atoms with E-state index < -0.39 is 36.6 Å². The largest absolute Gasteiger partial charge is 0.569 e. The maximum absolute atomic E-state index is 11.8. The molecule has 21 heavy (non-hydrogen) atoms. The molecule has 10 nitrogen and oxygen atoms in total. The molecule has 0 aromatic heterocycles. The lowest BCUT2D eigenvalue weighted by Crippen LogP contribution is -2.48. The quantitative estimate of drug-likeness (QED) is 0.319. The van der Waals surface area contributed by atoms with Gasteiger partial charge in [0.2, 0.25) is 23.8 Å². The number of likely N-dealkylation sites (tertiary alicyclic amines) is 1. The molecule has 0 atom stereocenters. The fourth-order valence-corrected chi connectivity index (χ4v) is 1.63. The van der Waals surface area contributed by atoms with Crippen molar-refractivity contribution < 1.29 is 29.3 Å². The SMILES string of the molecule is CC(C)(C)N(CC(=O)O)[N+]([O-])=NOCN1C(=O)CCC1=O. The zero-order chi connectivity index (χ0) is 16.2. The van der Waals surface area contributed by atoms with Gasteiger partial charge in [0, 0.05) is 12.8 Å². The van der Waals surface area contributed by atoms with Crippen LogP contribution in [0.4, 0.5) is 0 Å². The number of hydrogen-bond donors (Lipinski definition) is 1. The maximum atomic E-state index is 11.8. The van der Waals surface area contributed by atoms with E-state index in [1.807, 2.05) is 0 Å². The topological polar surface area (TPSA) is 126 Å². The van der Waals surface area contributed by atoms with Crippen LogP contribution in [0.3, 0.4) is 0 Å². The van der Waals surface area contributed by atoms with Gasteiger partial charge < -0.3 is 15.2 Å². The molecule has 1 rings (SSSR count). The zero-order valence-electron chi connectivity index (χ0n) is 12.1. The third-order valence-corrected chi connectivity index (χ3v) is 2.74. The summed E-state index contributed by atoms with van der Waals surface area (Å²) >= 11 is 0. The minimum Gasteiger partial charge on any atom is -0.569 e. The van der Waals surface area contributed by atoms with Crippen molar-refractivity contribution in [1.29, 1.82) is 0 Å². The van der Waals surface area contributed by atoms with Crippen LogP contribution in [0.15, 0.2) is 5.28 Å². The summed E-state index contributed by atoms with van der Waals surface area (Å²) in [4.78, 5) is 38.9. The molecule has 0 radical (unpaired) electrons. The molecular weight excluding hydrogens is 284 g/mol. The van der Waals surface area contributed by atoms with Gasteiger partial charge in [-0.05, 0) is 20.8 Å². The van der Waals surface area contributed by atoms with E-state index in [9.17, 15) is 19.6 Å². The van der Waals surface area contributed by atoms with Gasteiger partial charge in [0.1, 0.15) is 0 Å². The molecule has 1 saturated heterocycles. The lowest BCUT2D eigenvalue weighted by molar-refractivity contribution is -0.723. The highest BCUT2D eigenvalue weighted by Gasteiger charge is 2.32. The normalized spacial score (nSPS) is 16.3. The molecule has 1 fully saturated rings. The Kier molecular flexibility index (Phi) is 5.06. The summed E-state index contributed by atoms with van der Waals surface area (Å²) in [5.41, 5.74) is -0.799. The Labute approximate surface area is 121 Å². The molecule has 0 saturated carbocycles. The van der Waals surface area contributed by atoms with Gasteiger partial charge in [-0.15, -0.1) is 5.01 Å². The Morgan fingerprint density at radius 1 is 1.43 bits per heavy atom. The molecular formula is C11H18N4O6. The first-order chi connectivity index (χ1) is 9.62. The molecule has 10 heteroatoms. The van der Waals surface area contributed by atoms with Gasteiger partial charge in [0.25, 0.3) is 0 Å². The third-order valence-electron chi connectivity index (χ3n) is 2.74. The molecule has 0 aromatic carbocycles. The van der Waals surface area contributed by atoms with Gasteiger partial charge >= 0.3 is 5.97 Å². The average molecular weight is 302 g/mol. The van der Waals surface area contributed by atoms with E-state index in [-0.39, 0.29) is 17.8 Å². The fourth-order valence-electron chi connectivity index (χ4n) is 1.63. The van der Waals surface area contributed by atoms with Crippen molar-refractivity contribution in [3.8, 4) is 0 Å². The number of amides is 2. The molecule has 1 aliphatic heterocycles. The number of imide groups is 1. The van der Waals surface area contributed by atoms with E-state index in [4.69, 9.17) is 5.11 Å². The van der Waals surface area contributed by atoms with E-state index in [0.717, 1.165) is 9.91 Å². The molecule has 0 unspecified atom stereocenters. The standard InChI is InChI=1S/C11H18N4O6/c1-11(2,3)14(6-10(18)19)15(20)12-21-7-13-8(16)4-5-9(13)17/h4-7H2,1-3H3,(H,18,19). The van der Waals surface area contributed by atoms with Gasteiger partial charge in [-0.2, -0.15) is 0 Å². The number of carbonyl (C=O) groups is 3. The fraction of sp³-hybridized carbons (Fsp3) is 0.727. The average Bonchev–Trinajstić information content (AvgIpc) is 2.65. The summed E-state index contributed by atoms with van der Waals surface area (Å²) in [6.07, 6.45) is 0.215. The van der Waals surface area contributed by atoms with Crippen molar-refractivity contribution in [3.05, 3.63) is 5.21 Å². The Balaban J connectivity index is 2.66. The van der Waals surface area contributed by atoms with Crippen LogP contribution in [0.5, 0.6) is 0 Å².